The SMILES string of the molecule is NC[C@H]1O[C@@H](O[C@@H]2C(O)[C@H](NC(=O)[C@@H](O)CCNC(=O)CC[C@H](N)C(=O)O)CC(N)[C@@H]2O[C@@H]2OC(CO)[C@H](O)[C@H](O)C2N)C(O)[C@H]1O. The van der Waals surface area contributed by atoms with Crippen LogP contribution >= 0.6 is 0 Å². The van der Waals surface area contributed by atoms with Crippen molar-refractivity contribution in [3.8, 4) is 0 Å². The molecule has 0 spiro atoms. The third-order valence-corrected chi connectivity index (χ3v) is 8.45. The first-order valence-electron chi connectivity index (χ1n) is 15.2. The summed E-state index contributed by atoms with van der Waals surface area (Å²) in [6, 6.07) is -4.83. The maximum absolute atomic E-state index is 12.8. The number of amides is 2. The molecule has 0 bridgehead atoms. The molecule has 3 fully saturated rings. The quantitative estimate of drug-likeness (QED) is 0.0761. The molecule has 0 aromatic carbocycles. The van der Waals surface area contributed by atoms with Gasteiger partial charge in [0.1, 0.15) is 67.1 Å². The van der Waals surface area contributed by atoms with Crippen LogP contribution in [-0.2, 0) is 33.3 Å². The van der Waals surface area contributed by atoms with Gasteiger partial charge in [0.15, 0.2) is 12.6 Å². The average Bonchev–Trinajstić information content (AvgIpc) is 3.31. The number of aliphatic hydroxyl groups excluding tert-OH is 7. The Morgan fingerprint density at radius 1 is 0.872 bits per heavy atom. The highest BCUT2D eigenvalue weighted by molar-refractivity contribution is 5.81. The number of nitrogens with two attached hydrogens (primary N) is 4. The predicted molar refractivity (Wildman–Crippen MR) is 154 cm³/mol. The van der Waals surface area contributed by atoms with Crippen molar-refractivity contribution < 1.29 is 74.2 Å². The Hall–Kier alpha value is -2.19. The molecule has 47 heavy (non-hydrogen) atoms. The normalized spacial score (nSPS) is 40.4. The molecule has 21 nitrogen and oxygen atoms in total. The van der Waals surface area contributed by atoms with E-state index in [1.165, 1.54) is 0 Å². The van der Waals surface area contributed by atoms with Gasteiger partial charge in [-0.25, -0.2) is 0 Å². The van der Waals surface area contributed by atoms with E-state index in [2.05, 4.69) is 10.6 Å². The Kier molecular flexibility index (Phi) is 14.6. The van der Waals surface area contributed by atoms with Gasteiger partial charge in [0.25, 0.3) is 0 Å². The lowest BCUT2D eigenvalue weighted by Crippen LogP contribution is -2.69. The van der Waals surface area contributed by atoms with Gasteiger partial charge in [0.05, 0.1) is 18.7 Å². The number of carboxylic acid groups (broad SMARTS) is 1. The Bertz CT molecular complexity index is 1050. The fraction of sp³-hybridized carbons (Fsp3) is 0.885. The Morgan fingerprint density at radius 2 is 1.49 bits per heavy atom. The van der Waals surface area contributed by atoms with Gasteiger partial charge in [-0.1, -0.05) is 0 Å². The lowest BCUT2D eigenvalue weighted by Gasteiger charge is -2.47. The van der Waals surface area contributed by atoms with Crippen LogP contribution in [0.1, 0.15) is 25.7 Å². The molecule has 0 aromatic heterocycles. The molecular formula is C26H48N6O15. The van der Waals surface area contributed by atoms with Crippen molar-refractivity contribution in [2.24, 2.45) is 22.9 Å². The second-order valence-electron chi connectivity index (χ2n) is 11.9. The van der Waals surface area contributed by atoms with Crippen molar-refractivity contribution in [2.75, 3.05) is 19.7 Å². The van der Waals surface area contributed by atoms with Crippen molar-refractivity contribution in [2.45, 2.75) is 123 Å². The highest BCUT2D eigenvalue weighted by atomic mass is 16.7. The fourth-order valence-electron chi connectivity index (χ4n) is 5.53. The van der Waals surface area contributed by atoms with E-state index in [9.17, 15) is 50.1 Å². The van der Waals surface area contributed by atoms with Gasteiger partial charge in [0.2, 0.25) is 11.8 Å². The first-order valence-corrected chi connectivity index (χ1v) is 15.2. The number of ether oxygens (including phenoxy) is 4. The molecule has 0 radical (unpaired) electrons. The summed E-state index contributed by atoms with van der Waals surface area (Å²) < 4.78 is 22.8. The summed E-state index contributed by atoms with van der Waals surface area (Å²) in [5, 5.41) is 86.3. The third-order valence-electron chi connectivity index (χ3n) is 8.45. The molecular weight excluding hydrogens is 636 g/mol. The molecule has 5 unspecified atom stereocenters. The van der Waals surface area contributed by atoms with Crippen LogP contribution in [0, 0.1) is 0 Å². The number of rotatable bonds is 15. The van der Waals surface area contributed by atoms with E-state index in [0.717, 1.165) is 0 Å². The second-order valence-corrected chi connectivity index (χ2v) is 11.9. The van der Waals surface area contributed by atoms with Crippen LogP contribution in [0.3, 0.4) is 0 Å². The number of hydrogen-bond acceptors (Lipinski definition) is 18. The van der Waals surface area contributed by atoms with Crippen molar-refractivity contribution in [3.63, 3.8) is 0 Å². The van der Waals surface area contributed by atoms with Crippen molar-refractivity contribution in [1.29, 1.82) is 0 Å². The van der Waals surface area contributed by atoms with Gasteiger partial charge < -0.3 is 93.4 Å². The number of nitrogens with one attached hydrogen (secondary N) is 2. The van der Waals surface area contributed by atoms with E-state index >= 15 is 0 Å². The standard InChI is InChI=1S/C26H48N6O15/c27-6-12-17(37)20(40)26(44-12)47-22-16(36)10(32-23(41)11(34)3-4-31-14(35)2-1-8(28)24(42)43)5-9(29)21(22)46-25-15(30)19(39)18(38)13(7-33)45-25/h8-13,15-22,25-26,33-34,36-40H,1-7,27-30H2,(H,31,35)(H,32,41)(H,42,43)/t8-,9?,10+,11-,12+,13?,15?,16?,17-,18-,19+,20?,21-,22+,25-,26-/m0/s1. The third kappa shape index (κ3) is 9.71. The Morgan fingerprint density at radius 3 is 2.09 bits per heavy atom. The topological polar surface area (TPSA) is 378 Å². The smallest absolute Gasteiger partial charge is 0.320 e. The molecule has 2 saturated heterocycles. The zero-order valence-electron chi connectivity index (χ0n) is 25.4. The summed E-state index contributed by atoms with van der Waals surface area (Å²) in [4.78, 5) is 35.5. The number of hydrogen-bond donors (Lipinski definition) is 14. The maximum atomic E-state index is 12.8. The zero-order chi connectivity index (χ0) is 35.2. The predicted octanol–water partition coefficient (Wildman–Crippen LogP) is -8.44. The molecule has 0 aromatic rings. The van der Waals surface area contributed by atoms with Crippen LogP contribution in [0.15, 0.2) is 0 Å². The average molecular weight is 685 g/mol. The van der Waals surface area contributed by atoms with Crippen LogP contribution in [-0.4, -0.2) is 176 Å². The van der Waals surface area contributed by atoms with Crippen LogP contribution in [0.25, 0.3) is 0 Å². The second kappa shape index (κ2) is 17.5. The number of carboxylic acids is 1. The summed E-state index contributed by atoms with van der Waals surface area (Å²) in [6.45, 7) is -1.04. The molecule has 1 aliphatic carbocycles. The molecule has 3 aliphatic rings. The molecule has 2 amide bonds. The van der Waals surface area contributed by atoms with E-state index in [0.29, 0.717) is 0 Å². The number of aliphatic carboxylic acids is 1. The van der Waals surface area contributed by atoms with E-state index in [4.69, 9.17) is 47.0 Å². The first-order chi connectivity index (χ1) is 22.1. The molecule has 21 heteroatoms. The van der Waals surface area contributed by atoms with Gasteiger partial charge in [0, 0.05) is 25.6 Å². The van der Waals surface area contributed by atoms with Crippen molar-refractivity contribution in [1.82, 2.24) is 10.6 Å². The summed E-state index contributed by atoms with van der Waals surface area (Å²) in [5.74, 6) is -2.75. The Labute approximate surface area is 269 Å². The van der Waals surface area contributed by atoms with Gasteiger partial charge in [-0.2, -0.15) is 0 Å². The van der Waals surface area contributed by atoms with Crippen LogP contribution in [0.4, 0.5) is 0 Å². The maximum Gasteiger partial charge on any atom is 0.320 e. The van der Waals surface area contributed by atoms with Crippen molar-refractivity contribution >= 4 is 17.8 Å². The first kappa shape index (κ1) is 39.3. The molecule has 1 saturated carbocycles. The highest BCUT2D eigenvalue weighted by Gasteiger charge is 2.53. The fourth-order valence-corrected chi connectivity index (χ4v) is 5.53. The summed E-state index contributed by atoms with van der Waals surface area (Å²) in [5.41, 5.74) is 23.3. The molecule has 272 valence electrons. The molecule has 16 atom stereocenters. The van der Waals surface area contributed by atoms with E-state index in [1.54, 1.807) is 0 Å². The molecule has 3 rings (SSSR count). The lowest BCUT2D eigenvalue weighted by molar-refractivity contribution is -0.310. The minimum atomic E-state index is -1.66. The van der Waals surface area contributed by atoms with Gasteiger partial charge >= 0.3 is 5.97 Å². The zero-order valence-corrected chi connectivity index (χ0v) is 25.4. The molecule has 18 N–H and O–H groups in total. The number of carbonyl (C=O) groups excluding carboxylic acids is 2. The van der Waals surface area contributed by atoms with Crippen LogP contribution in [0.2, 0.25) is 0 Å². The Balaban J connectivity index is 1.69. The molecule has 2 aliphatic heterocycles. The summed E-state index contributed by atoms with van der Waals surface area (Å²) in [6.07, 6.45) is -18.5. The molecule has 2 heterocycles. The van der Waals surface area contributed by atoms with E-state index < -0.39 is 122 Å². The van der Waals surface area contributed by atoms with Crippen molar-refractivity contribution in [3.05, 3.63) is 0 Å². The van der Waals surface area contributed by atoms with E-state index in [1.807, 2.05) is 0 Å². The van der Waals surface area contributed by atoms with Gasteiger partial charge in [-0.05, 0) is 19.3 Å². The van der Waals surface area contributed by atoms with E-state index in [-0.39, 0.29) is 38.8 Å². The highest BCUT2D eigenvalue weighted by Crippen LogP contribution is 2.32. The van der Waals surface area contributed by atoms with Gasteiger partial charge in [-0.15, -0.1) is 0 Å². The largest absolute Gasteiger partial charge is 0.480 e. The summed E-state index contributed by atoms with van der Waals surface area (Å²) >= 11 is 0. The van der Waals surface area contributed by atoms with Crippen LogP contribution < -0.4 is 33.6 Å². The van der Waals surface area contributed by atoms with Crippen LogP contribution in [0.5, 0.6) is 0 Å². The summed E-state index contributed by atoms with van der Waals surface area (Å²) in [7, 11) is 0. The minimum absolute atomic E-state index is 0.115. The monoisotopic (exact) mass is 684 g/mol. The lowest BCUT2D eigenvalue weighted by atomic mass is 9.83. The minimum Gasteiger partial charge on any atom is -0.480 e. The number of carbonyl (C=O) groups is 3. The number of aliphatic hydroxyl groups is 7. The van der Waals surface area contributed by atoms with Gasteiger partial charge in [-0.3, -0.25) is 14.4 Å².